The summed E-state index contributed by atoms with van der Waals surface area (Å²) < 4.78 is 0.925. The second-order valence-electron chi connectivity index (χ2n) is 3.87. The Morgan fingerprint density at radius 1 is 1.59 bits per heavy atom. The van der Waals surface area contributed by atoms with Crippen LogP contribution in [0.2, 0.25) is 5.02 Å². The van der Waals surface area contributed by atoms with Crippen molar-refractivity contribution < 1.29 is 9.90 Å². The van der Waals surface area contributed by atoms with E-state index in [1.165, 1.54) is 0 Å². The molecule has 0 fully saturated rings. The molecule has 2 N–H and O–H groups in total. The maximum atomic E-state index is 11.8. The molecule has 1 aromatic rings. The molecule has 0 aliphatic heterocycles. The first kappa shape index (κ1) is 14.7. The molecule has 5 heteroatoms. The second kappa shape index (κ2) is 7.18. The van der Waals surface area contributed by atoms with Crippen molar-refractivity contribution >= 4 is 40.1 Å². The van der Waals surface area contributed by atoms with Gasteiger partial charge in [0, 0.05) is 21.8 Å². The Hall–Kier alpha value is -0.330. The Bertz CT molecular complexity index is 398. The molecule has 0 spiro atoms. The third-order valence-corrected chi connectivity index (χ3v) is 3.93. The number of benzene rings is 1. The van der Waals surface area contributed by atoms with Gasteiger partial charge in [0.25, 0.3) is 5.91 Å². The summed E-state index contributed by atoms with van der Waals surface area (Å²) in [5, 5.41) is 12.2. The molecule has 1 amide bonds. The van der Waals surface area contributed by atoms with E-state index < -0.39 is 0 Å². The molecule has 17 heavy (non-hydrogen) atoms. The fourth-order valence-electron chi connectivity index (χ4n) is 1.41. The summed E-state index contributed by atoms with van der Waals surface area (Å²) in [5.74, 6) is -0.131. The minimum Gasteiger partial charge on any atom is -0.396 e. The van der Waals surface area contributed by atoms with Crippen molar-refractivity contribution in [3.63, 3.8) is 0 Å². The highest BCUT2D eigenvalue weighted by Gasteiger charge is 2.10. The van der Waals surface area contributed by atoms with Gasteiger partial charge in [-0.15, -0.1) is 0 Å². The minimum absolute atomic E-state index is 0.0488. The number of aliphatic hydroxyl groups excluding tert-OH is 1. The fraction of sp³-hybridized carbons (Fsp3) is 0.417. The third-order valence-electron chi connectivity index (χ3n) is 2.35. The van der Waals surface area contributed by atoms with Crippen molar-refractivity contribution in [2.75, 3.05) is 6.61 Å². The highest BCUT2D eigenvalue weighted by atomic mass is 127. The number of hydrogen-bond donors (Lipinski definition) is 2. The number of nitrogens with one attached hydrogen (secondary N) is 1. The Morgan fingerprint density at radius 2 is 2.29 bits per heavy atom. The summed E-state index contributed by atoms with van der Waals surface area (Å²) in [6.45, 7) is 2.07. The number of hydrogen-bond acceptors (Lipinski definition) is 2. The van der Waals surface area contributed by atoms with Gasteiger partial charge in [-0.1, -0.05) is 11.6 Å². The Balaban J connectivity index is 2.60. The number of aliphatic hydroxyl groups is 1. The van der Waals surface area contributed by atoms with Gasteiger partial charge in [0.1, 0.15) is 0 Å². The normalized spacial score (nSPS) is 12.2. The minimum atomic E-state index is -0.131. The van der Waals surface area contributed by atoms with E-state index in [1.807, 2.05) is 13.0 Å². The monoisotopic (exact) mass is 367 g/mol. The Morgan fingerprint density at radius 3 is 2.88 bits per heavy atom. The topological polar surface area (TPSA) is 49.3 Å². The SMILES string of the molecule is CC(CCCO)NC(=O)c1ccc(I)c(Cl)c1. The number of carbonyl (C=O) groups is 1. The van der Waals surface area contributed by atoms with E-state index in [2.05, 4.69) is 27.9 Å². The van der Waals surface area contributed by atoms with Crippen molar-refractivity contribution in [1.29, 1.82) is 0 Å². The maximum absolute atomic E-state index is 11.8. The zero-order chi connectivity index (χ0) is 12.8. The van der Waals surface area contributed by atoms with Gasteiger partial charge in [-0.05, 0) is 60.6 Å². The zero-order valence-electron chi connectivity index (χ0n) is 9.54. The van der Waals surface area contributed by atoms with E-state index in [-0.39, 0.29) is 18.6 Å². The lowest BCUT2D eigenvalue weighted by molar-refractivity contribution is 0.0936. The number of rotatable bonds is 5. The van der Waals surface area contributed by atoms with E-state index in [9.17, 15) is 4.79 Å². The number of halogens is 2. The van der Waals surface area contributed by atoms with Crippen LogP contribution in [0.15, 0.2) is 18.2 Å². The van der Waals surface area contributed by atoms with Crippen LogP contribution in [-0.2, 0) is 0 Å². The van der Waals surface area contributed by atoms with E-state index in [0.717, 1.165) is 9.99 Å². The molecule has 0 saturated heterocycles. The van der Waals surface area contributed by atoms with Crippen LogP contribution in [-0.4, -0.2) is 23.7 Å². The van der Waals surface area contributed by atoms with Crippen LogP contribution in [0.5, 0.6) is 0 Å². The molecule has 0 bridgehead atoms. The average Bonchev–Trinajstić information content (AvgIpc) is 2.30. The summed E-state index contributed by atoms with van der Waals surface area (Å²) in [5.41, 5.74) is 0.561. The summed E-state index contributed by atoms with van der Waals surface area (Å²) in [6, 6.07) is 5.28. The molecule has 0 aromatic heterocycles. The van der Waals surface area contributed by atoms with Crippen LogP contribution in [0.4, 0.5) is 0 Å². The Kier molecular flexibility index (Phi) is 6.22. The molecule has 0 saturated carbocycles. The van der Waals surface area contributed by atoms with Crippen molar-refractivity contribution in [3.05, 3.63) is 32.4 Å². The molecule has 1 rings (SSSR count). The predicted molar refractivity (Wildman–Crippen MR) is 77.4 cm³/mol. The first-order valence-corrected chi connectivity index (χ1v) is 6.87. The van der Waals surface area contributed by atoms with Crippen molar-refractivity contribution in [2.24, 2.45) is 0 Å². The highest BCUT2D eigenvalue weighted by Crippen LogP contribution is 2.19. The molecular formula is C12H15ClINO2. The van der Waals surface area contributed by atoms with E-state index in [4.69, 9.17) is 16.7 Å². The van der Waals surface area contributed by atoms with Gasteiger partial charge in [0.2, 0.25) is 0 Å². The largest absolute Gasteiger partial charge is 0.396 e. The van der Waals surface area contributed by atoms with Gasteiger partial charge in [0.05, 0.1) is 5.02 Å². The average molecular weight is 368 g/mol. The molecule has 0 radical (unpaired) electrons. The van der Waals surface area contributed by atoms with Crippen LogP contribution in [0.25, 0.3) is 0 Å². The van der Waals surface area contributed by atoms with Crippen LogP contribution in [0, 0.1) is 3.57 Å². The lowest BCUT2D eigenvalue weighted by Crippen LogP contribution is -2.32. The van der Waals surface area contributed by atoms with Crippen LogP contribution in [0.1, 0.15) is 30.1 Å². The van der Waals surface area contributed by atoms with Crippen LogP contribution in [0.3, 0.4) is 0 Å². The molecule has 94 valence electrons. The van der Waals surface area contributed by atoms with E-state index >= 15 is 0 Å². The predicted octanol–water partition coefficient (Wildman–Crippen LogP) is 2.84. The van der Waals surface area contributed by atoms with Crippen molar-refractivity contribution in [2.45, 2.75) is 25.8 Å². The van der Waals surface area contributed by atoms with Gasteiger partial charge in [-0.2, -0.15) is 0 Å². The first-order valence-electron chi connectivity index (χ1n) is 5.41. The number of amides is 1. The van der Waals surface area contributed by atoms with Crippen LogP contribution >= 0.6 is 34.2 Å². The lowest BCUT2D eigenvalue weighted by atomic mass is 10.1. The van der Waals surface area contributed by atoms with E-state index in [0.29, 0.717) is 17.0 Å². The molecule has 0 aliphatic rings. The molecule has 1 unspecified atom stereocenters. The molecule has 0 aliphatic carbocycles. The molecule has 1 atom stereocenters. The first-order chi connectivity index (χ1) is 8.04. The molecule has 1 aromatic carbocycles. The number of carbonyl (C=O) groups excluding carboxylic acids is 1. The summed E-state index contributed by atoms with van der Waals surface area (Å²) in [4.78, 5) is 11.8. The molecule has 3 nitrogen and oxygen atoms in total. The summed E-state index contributed by atoms with van der Waals surface area (Å²) in [7, 11) is 0. The molecular weight excluding hydrogens is 352 g/mol. The van der Waals surface area contributed by atoms with Gasteiger partial charge >= 0.3 is 0 Å². The van der Waals surface area contributed by atoms with Crippen molar-refractivity contribution in [3.8, 4) is 0 Å². The fourth-order valence-corrected chi connectivity index (χ4v) is 1.93. The third kappa shape index (κ3) is 4.81. The summed E-state index contributed by atoms with van der Waals surface area (Å²) >= 11 is 8.07. The Labute approximate surface area is 120 Å². The quantitative estimate of drug-likeness (QED) is 0.786. The lowest BCUT2D eigenvalue weighted by Gasteiger charge is -2.13. The zero-order valence-corrected chi connectivity index (χ0v) is 12.5. The molecule has 0 heterocycles. The van der Waals surface area contributed by atoms with Gasteiger partial charge in [-0.25, -0.2) is 0 Å². The van der Waals surface area contributed by atoms with Gasteiger partial charge < -0.3 is 10.4 Å². The van der Waals surface area contributed by atoms with Crippen LogP contribution < -0.4 is 5.32 Å². The summed E-state index contributed by atoms with van der Waals surface area (Å²) in [6.07, 6.45) is 1.45. The smallest absolute Gasteiger partial charge is 0.251 e. The van der Waals surface area contributed by atoms with Gasteiger partial charge in [-0.3, -0.25) is 4.79 Å². The standard InChI is InChI=1S/C12H15ClINO2/c1-8(3-2-6-16)15-12(17)9-4-5-11(14)10(13)7-9/h4-5,7-8,16H,2-3,6H2,1H3,(H,15,17). The maximum Gasteiger partial charge on any atom is 0.251 e. The highest BCUT2D eigenvalue weighted by molar-refractivity contribution is 14.1. The van der Waals surface area contributed by atoms with Gasteiger partial charge in [0.15, 0.2) is 0 Å². The second-order valence-corrected chi connectivity index (χ2v) is 5.44. The van der Waals surface area contributed by atoms with E-state index in [1.54, 1.807) is 12.1 Å². The van der Waals surface area contributed by atoms with Crippen molar-refractivity contribution in [1.82, 2.24) is 5.32 Å².